The van der Waals surface area contributed by atoms with Crippen LogP contribution in [0, 0.1) is 0 Å². The highest BCUT2D eigenvalue weighted by molar-refractivity contribution is 7.59. The average molecular weight is 302 g/mol. The van der Waals surface area contributed by atoms with Gasteiger partial charge in [-0.1, -0.05) is 0 Å². The maximum Gasteiger partial charge on any atom is 0.346 e. The Morgan fingerprint density at radius 2 is 1.95 bits per heavy atom. The number of rotatable bonds is 4. The first-order valence-corrected chi connectivity index (χ1v) is 8.25. The number of aliphatic carboxylic acids is 1. The van der Waals surface area contributed by atoms with Crippen molar-refractivity contribution in [2.24, 2.45) is 0 Å². The highest BCUT2D eigenvalue weighted by atomic mass is 31.2. The average Bonchev–Trinajstić information content (AvgIpc) is 2.26. The molecule has 0 bridgehead atoms. The minimum atomic E-state index is -4.22. The molecule has 0 aromatic carbocycles. The summed E-state index contributed by atoms with van der Waals surface area (Å²) in [6, 6.07) is 3.33. The lowest BCUT2D eigenvalue weighted by Gasteiger charge is -2.25. The van der Waals surface area contributed by atoms with Crippen molar-refractivity contribution in [3.63, 3.8) is 0 Å². The number of pyridine rings is 1. The molecule has 2 unspecified atom stereocenters. The second-order valence-corrected chi connectivity index (χ2v) is 8.47. The number of hydrogen-bond acceptors (Lipinski definition) is 3. The summed E-state index contributed by atoms with van der Waals surface area (Å²) in [5.74, 6) is -1.70. The molecule has 1 aromatic rings. The fraction of sp³-hybridized carbons (Fsp3) is 0.538. The van der Waals surface area contributed by atoms with Gasteiger partial charge in [0.15, 0.2) is 17.9 Å². The fourth-order valence-electron chi connectivity index (χ4n) is 1.73. The second-order valence-electron chi connectivity index (χ2n) is 5.97. The molecule has 7 heteroatoms. The predicted octanol–water partition coefficient (Wildman–Crippen LogP) is 0.945. The molecule has 1 rings (SSSR count). The number of aliphatic hydroxyl groups is 1. The molecule has 3 N–H and O–H groups in total. The lowest BCUT2D eigenvalue weighted by Crippen LogP contribution is -2.50. The third-order valence-electron chi connectivity index (χ3n) is 3.12. The van der Waals surface area contributed by atoms with E-state index in [2.05, 4.69) is 0 Å². The predicted molar refractivity (Wildman–Crippen MR) is 73.7 cm³/mol. The molecule has 0 amide bonds. The summed E-state index contributed by atoms with van der Waals surface area (Å²) in [5.41, 5.74) is 0.260. The van der Waals surface area contributed by atoms with E-state index in [-0.39, 0.29) is 5.54 Å². The lowest BCUT2D eigenvalue weighted by atomic mass is 10.1. The highest BCUT2D eigenvalue weighted by Crippen LogP contribution is 2.51. The summed E-state index contributed by atoms with van der Waals surface area (Å²) in [6.07, 6.45) is 3.06. The normalized spacial score (nSPS) is 18.1. The van der Waals surface area contributed by atoms with E-state index in [1.165, 1.54) is 0 Å². The highest BCUT2D eigenvalue weighted by Gasteiger charge is 2.50. The van der Waals surface area contributed by atoms with E-state index in [4.69, 9.17) is 5.11 Å². The SMILES string of the molecule is CC(C)(C)[n+]1cccc(CC(O)(C(=O)O)P(C)(=O)O)c1. The van der Waals surface area contributed by atoms with Gasteiger partial charge in [-0.2, -0.15) is 0 Å². The molecule has 20 heavy (non-hydrogen) atoms. The van der Waals surface area contributed by atoms with Gasteiger partial charge in [-0.15, -0.1) is 0 Å². The Kier molecular flexibility index (Phi) is 4.44. The summed E-state index contributed by atoms with van der Waals surface area (Å²) in [6.45, 7) is 6.76. The van der Waals surface area contributed by atoms with Gasteiger partial charge in [0, 0.05) is 45.5 Å². The number of hydrogen-bond donors (Lipinski definition) is 3. The molecule has 6 nitrogen and oxygen atoms in total. The maximum atomic E-state index is 11.7. The quantitative estimate of drug-likeness (QED) is 0.568. The third kappa shape index (κ3) is 3.45. The van der Waals surface area contributed by atoms with Gasteiger partial charge in [0.2, 0.25) is 12.7 Å². The largest absolute Gasteiger partial charge is 0.479 e. The van der Waals surface area contributed by atoms with Crippen LogP contribution in [0.15, 0.2) is 24.5 Å². The molecule has 0 aliphatic carbocycles. The summed E-state index contributed by atoms with van der Waals surface area (Å²) in [7, 11) is -4.22. The molecule has 0 saturated heterocycles. The van der Waals surface area contributed by atoms with Gasteiger partial charge >= 0.3 is 5.97 Å². The number of carboxylic acids is 1. The molecule has 0 saturated carbocycles. The topological polar surface area (TPSA) is 98.7 Å². The minimum absolute atomic E-state index is 0.216. The van der Waals surface area contributed by atoms with Crippen LogP contribution in [0.5, 0.6) is 0 Å². The Hall–Kier alpha value is -1.23. The molecule has 2 atom stereocenters. The van der Waals surface area contributed by atoms with E-state index < -0.39 is 25.1 Å². The van der Waals surface area contributed by atoms with Crippen LogP contribution in [-0.4, -0.2) is 33.1 Å². The molecule has 0 fully saturated rings. The summed E-state index contributed by atoms with van der Waals surface area (Å²) in [5, 5.41) is 16.4. The minimum Gasteiger partial charge on any atom is -0.479 e. The first-order valence-electron chi connectivity index (χ1n) is 6.15. The van der Waals surface area contributed by atoms with E-state index in [1.54, 1.807) is 18.3 Å². The second kappa shape index (κ2) is 5.28. The third-order valence-corrected chi connectivity index (χ3v) is 4.84. The molecular formula is C13H21NO5P+. The number of carbonyl (C=O) groups is 1. The van der Waals surface area contributed by atoms with Crippen LogP contribution in [0.25, 0.3) is 0 Å². The number of aromatic nitrogens is 1. The van der Waals surface area contributed by atoms with Crippen molar-refractivity contribution in [1.82, 2.24) is 0 Å². The monoisotopic (exact) mass is 302 g/mol. The Bertz CT molecular complexity index is 560. The number of nitrogens with zero attached hydrogens (tertiary/aromatic N) is 1. The first-order chi connectivity index (χ1) is 8.88. The zero-order chi connectivity index (χ0) is 15.8. The van der Waals surface area contributed by atoms with E-state index in [0.29, 0.717) is 5.56 Å². The zero-order valence-electron chi connectivity index (χ0n) is 12.1. The van der Waals surface area contributed by atoms with Gasteiger partial charge in [0.25, 0.3) is 0 Å². The molecule has 0 spiro atoms. The van der Waals surface area contributed by atoms with Crippen LogP contribution in [0.1, 0.15) is 26.3 Å². The van der Waals surface area contributed by atoms with E-state index in [0.717, 1.165) is 6.66 Å². The fourth-order valence-corrected chi connectivity index (χ4v) is 2.56. The molecule has 0 radical (unpaired) electrons. The van der Waals surface area contributed by atoms with Crippen LogP contribution in [-0.2, 0) is 21.3 Å². The van der Waals surface area contributed by atoms with E-state index >= 15 is 0 Å². The smallest absolute Gasteiger partial charge is 0.346 e. The molecule has 0 aliphatic rings. The van der Waals surface area contributed by atoms with E-state index in [9.17, 15) is 19.4 Å². The zero-order valence-corrected chi connectivity index (χ0v) is 13.0. The van der Waals surface area contributed by atoms with Crippen molar-refractivity contribution >= 4 is 13.3 Å². The van der Waals surface area contributed by atoms with Gasteiger partial charge in [-0.05, 0) is 6.07 Å². The van der Waals surface area contributed by atoms with E-state index in [1.807, 2.05) is 31.5 Å². The van der Waals surface area contributed by atoms with Crippen LogP contribution in [0.3, 0.4) is 0 Å². The Morgan fingerprint density at radius 1 is 1.40 bits per heavy atom. The molecular weight excluding hydrogens is 281 g/mol. The van der Waals surface area contributed by atoms with Gasteiger partial charge in [-0.3, -0.25) is 4.57 Å². The van der Waals surface area contributed by atoms with Gasteiger partial charge in [0.05, 0.1) is 0 Å². The van der Waals surface area contributed by atoms with Gasteiger partial charge in [-0.25, -0.2) is 9.36 Å². The first kappa shape index (κ1) is 16.8. The molecule has 0 aliphatic heterocycles. The van der Waals surface area contributed by atoms with Crippen LogP contribution in [0.4, 0.5) is 0 Å². The maximum absolute atomic E-state index is 11.7. The van der Waals surface area contributed by atoms with Crippen LogP contribution in [0.2, 0.25) is 0 Å². The Morgan fingerprint density at radius 3 is 2.35 bits per heavy atom. The van der Waals surface area contributed by atoms with Crippen LogP contribution >= 0.6 is 7.37 Å². The summed E-state index contributed by atoms with van der Waals surface area (Å²) in [4.78, 5) is 20.7. The Balaban J connectivity index is 3.21. The molecule has 1 aromatic heterocycles. The van der Waals surface area contributed by atoms with Crippen molar-refractivity contribution in [3.8, 4) is 0 Å². The number of carboxylic acid groups (broad SMARTS) is 1. The van der Waals surface area contributed by atoms with Crippen molar-refractivity contribution in [2.45, 2.75) is 38.1 Å². The molecule has 1 heterocycles. The summed E-state index contributed by atoms with van der Waals surface area (Å²) >= 11 is 0. The molecule has 112 valence electrons. The summed E-state index contributed by atoms with van der Waals surface area (Å²) < 4.78 is 13.5. The standard InChI is InChI=1S/C13H20NO5P/c1-12(2,3)14-7-5-6-10(9-14)8-13(17,11(15)16)20(4,18)19/h5-7,9,17H,8H2,1-4H3,(H-,15,16,18,19)/p+1. The van der Waals surface area contributed by atoms with Gasteiger partial charge < -0.3 is 15.1 Å². The van der Waals surface area contributed by atoms with Crippen molar-refractivity contribution in [3.05, 3.63) is 30.1 Å². The van der Waals surface area contributed by atoms with Crippen LogP contribution < -0.4 is 4.57 Å². The van der Waals surface area contributed by atoms with Gasteiger partial charge in [0.1, 0.15) is 0 Å². The lowest BCUT2D eigenvalue weighted by molar-refractivity contribution is -0.754. The Labute approximate surface area is 118 Å². The van der Waals surface area contributed by atoms with Crippen molar-refractivity contribution in [2.75, 3.05) is 6.66 Å². The van der Waals surface area contributed by atoms with Crippen molar-refractivity contribution in [1.29, 1.82) is 0 Å². The van der Waals surface area contributed by atoms with Crippen molar-refractivity contribution < 1.29 is 29.0 Å².